The second kappa shape index (κ2) is 9.38. The Morgan fingerprint density at radius 1 is 1.23 bits per heavy atom. The van der Waals surface area contributed by atoms with Crippen LogP contribution in [0.5, 0.6) is 11.5 Å². The van der Waals surface area contributed by atoms with Crippen molar-refractivity contribution in [3.05, 3.63) is 57.6 Å². The summed E-state index contributed by atoms with van der Waals surface area (Å²) >= 11 is 3.40. The fraction of sp³-hybridized carbons (Fsp3) is 0.300. The lowest BCUT2D eigenvalue weighted by Gasteiger charge is -2.14. The van der Waals surface area contributed by atoms with Crippen molar-refractivity contribution >= 4 is 28.1 Å². The first-order valence-electron chi connectivity index (χ1n) is 8.29. The van der Waals surface area contributed by atoms with E-state index in [-0.39, 0.29) is 12.5 Å². The van der Waals surface area contributed by atoms with E-state index >= 15 is 0 Å². The highest BCUT2D eigenvalue weighted by Crippen LogP contribution is 2.27. The Kier molecular flexibility index (Phi) is 7.21. The molecule has 0 bridgehead atoms. The van der Waals surface area contributed by atoms with Gasteiger partial charge in [0.1, 0.15) is 11.5 Å². The van der Waals surface area contributed by atoms with Gasteiger partial charge in [0.25, 0.3) is 5.91 Å². The molecule has 138 valence electrons. The van der Waals surface area contributed by atoms with Gasteiger partial charge in [0.05, 0.1) is 13.3 Å². The Hall–Kier alpha value is -2.34. The summed E-state index contributed by atoms with van der Waals surface area (Å²) in [6.07, 6.45) is 1.54. The van der Waals surface area contributed by atoms with Gasteiger partial charge < -0.3 is 9.47 Å². The number of rotatable bonds is 7. The number of hydrogen-bond acceptors (Lipinski definition) is 4. The molecule has 5 nitrogen and oxygen atoms in total. The zero-order chi connectivity index (χ0) is 19.1. The maximum Gasteiger partial charge on any atom is 0.277 e. The van der Waals surface area contributed by atoms with Crippen LogP contribution in [0.1, 0.15) is 36.5 Å². The number of carbonyl (C=O) groups is 1. The van der Waals surface area contributed by atoms with Gasteiger partial charge in [-0.15, -0.1) is 0 Å². The summed E-state index contributed by atoms with van der Waals surface area (Å²) in [7, 11) is 1.58. The van der Waals surface area contributed by atoms with Crippen molar-refractivity contribution in [2.45, 2.75) is 26.7 Å². The number of aryl methyl sites for hydroxylation is 1. The van der Waals surface area contributed by atoms with E-state index in [0.717, 1.165) is 26.9 Å². The number of methoxy groups -OCH3 is 1. The average Bonchev–Trinajstić information content (AvgIpc) is 2.60. The molecule has 26 heavy (non-hydrogen) atoms. The van der Waals surface area contributed by atoms with Crippen LogP contribution < -0.4 is 14.9 Å². The minimum absolute atomic E-state index is 0.101. The highest BCUT2D eigenvalue weighted by atomic mass is 79.9. The maximum absolute atomic E-state index is 12.0. The van der Waals surface area contributed by atoms with E-state index in [4.69, 9.17) is 9.47 Å². The number of hydrazone groups is 1. The molecule has 0 aromatic heterocycles. The number of benzene rings is 2. The molecule has 1 N–H and O–H groups in total. The molecule has 0 unspecified atom stereocenters. The number of halogens is 1. The molecule has 1 amide bonds. The van der Waals surface area contributed by atoms with Crippen molar-refractivity contribution in [2.75, 3.05) is 13.7 Å². The normalized spacial score (nSPS) is 11.0. The molecule has 0 radical (unpaired) electrons. The Bertz CT molecular complexity index is 804. The van der Waals surface area contributed by atoms with Gasteiger partial charge in [0.15, 0.2) is 6.61 Å². The van der Waals surface area contributed by atoms with Crippen LogP contribution in [0.3, 0.4) is 0 Å². The number of carbonyl (C=O) groups excluding carboxylic acids is 1. The summed E-state index contributed by atoms with van der Waals surface area (Å²) in [6, 6.07) is 11.6. The quantitative estimate of drug-likeness (QED) is 0.534. The third-order valence-corrected chi connectivity index (χ3v) is 4.23. The van der Waals surface area contributed by atoms with Crippen molar-refractivity contribution in [1.82, 2.24) is 5.43 Å². The lowest BCUT2D eigenvalue weighted by Crippen LogP contribution is -2.25. The van der Waals surface area contributed by atoms with Gasteiger partial charge in [0.2, 0.25) is 0 Å². The Morgan fingerprint density at radius 2 is 2.00 bits per heavy atom. The van der Waals surface area contributed by atoms with E-state index in [1.165, 1.54) is 6.21 Å². The van der Waals surface area contributed by atoms with Gasteiger partial charge in [-0.3, -0.25) is 4.79 Å². The predicted octanol–water partition coefficient (Wildman–Crippen LogP) is 4.42. The minimum atomic E-state index is -0.327. The number of ether oxygens (including phenoxy) is 2. The molecule has 0 heterocycles. The van der Waals surface area contributed by atoms with E-state index in [9.17, 15) is 4.79 Å². The zero-order valence-corrected chi connectivity index (χ0v) is 17.0. The lowest BCUT2D eigenvalue weighted by atomic mass is 10.0. The molecule has 0 spiro atoms. The summed E-state index contributed by atoms with van der Waals surface area (Å²) in [5.41, 5.74) is 5.39. The number of nitrogens with zero attached hydrogens (tertiary/aromatic N) is 1. The molecule has 6 heteroatoms. The van der Waals surface area contributed by atoms with Gasteiger partial charge in [-0.2, -0.15) is 5.10 Å². The zero-order valence-electron chi connectivity index (χ0n) is 15.4. The van der Waals surface area contributed by atoms with E-state index < -0.39 is 0 Å². The Labute approximate surface area is 162 Å². The largest absolute Gasteiger partial charge is 0.496 e. The van der Waals surface area contributed by atoms with Crippen LogP contribution >= 0.6 is 15.9 Å². The summed E-state index contributed by atoms with van der Waals surface area (Å²) in [4.78, 5) is 12.0. The molecule has 0 atom stereocenters. The van der Waals surface area contributed by atoms with Gasteiger partial charge >= 0.3 is 0 Å². The first kappa shape index (κ1) is 20.0. The smallest absolute Gasteiger partial charge is 0.277 e. The molecular weight excluding hydrogens is 396 g/mol. The number of nitrogens with one attached hydrogen (secondary N) is 1. The average molecular weight is 419 g/mol. The van der Waals surface area contributed by atoms with Crippen molar-refractivity contribution < 1.29 is 14.3 Å². The van der Waals surface area contributed by atoms with Gasteiger partial charge in [-0.05, 0) is 48.2 Å². The maximum atomic E-state index is 12.0. The second-order valence-electron chi connectivity index (χ2n) is 6.16. The fourth-order valence-electron chi connectivity index (χ4n) is 2.40. The third kappa shape index (κ3) is 5.59. The van der Waals surface area contributed by atoms with Crippen LogP contribution in [-0.4, -0.2) is 25.8 Å². The summed E-state index contributed by atoms with van der Waals surface area (Å²) < 4.78 is 11.8. The van der Waals surface area contributed by atoms with E-state index in [1.54, 1.807) is 7.11 Å². The number of amides is 1. The molecule has 0 fully saturated rings. The van der Waals surface area contributed by atoms with Crippen LogP contribution in [0.4, 0.5) is 0 Å². The standard InChI is InChI=1S/C20H23BrN2O3/c1-13(2)17-7-5-14(3)9-19(17)26-12-20(24)23-22-11-15-10-16(21)6-8-18(15)25-4/h5-11,13H,12H2,1-4H3,(H,23,24)/b22-11-. The second-order valence-corrected chi connectivity index (χ2v) is 7.08. The van der Waals surface area contributed by atoms with Crippen LogP contribution in [0.25, 0.3) is 0 Å². The molecule has 0 aliphatic rings. The fourth-order valence-corrected chi connectivity index (χ4v) is 2.78. The van der Waals surface area contributed by atoms with Crippen LogP contribution in [0, 0.1) is 6.92 Å². The van der Waals surface area contributed by atoms with E-state index in [1.807, 2.05) is 43.3 Å². The number of hydrogen-bond donors (Lipinski definition) is 1. The monoisotopic (exact) mass is 418 g/mol. The van der Waals surface area contributed by atoms with Crippen LogP contribution in [0.2, 0.25) is 0 Å². The first-order valence-corrected chi connectivity index (χ1v) is 9.08. The topological polar surface area (TPSA) is 59.9 Å². The molecule has 0 saturated heterocycles. The molecule has 0 aliphatic carbocycles. The summed E-state index contributed by atoms with van der Waals surface area (Å²) in [5.74, 6) is 1.39. The highest BCUT2D eigenvalue weighted by molar-refractivity contribution is 9.10. The summed E-state index contributed by atoms with van der Waals surface area (Å²) in [5, 5.41) is 3.97. The molecular formula is C20H23BrN2O3. The molecule has 2 rings (SSSR count). The van der Waals surface area contributed by atoms with Crippen LogP contribution in [-0.2, 0) is 4.79 Å². The van der Waals surface area contributed by atoms with E-state index in [2.05, 4.69) is 40.3 Å². The molecule has 0 aliphatic heterocycles. The minimum Gasteiger partial charge on any atom is -0.496 e. The lowest BCUT2D eigenvalue weighted by molar-refractivity contribution is -0.123. The van der Waals surface area contributed by atoms with Gasteiger partial charge in [-0.1, -0.05) is 41.9 Å². The van der Waals surface area contributed by atoms with Crippen molar-refractivity contribution in [3.63, 3.8) is 0 Å². The van der Waals surface area contributed by atoms with Crippen molar-refractivity contribution in [2.24, 2.45) is 5.10 Å². The molecule has 2 aromatic carbocycles. The predicted molar refractivity (Wildman–Crippen MR) is 107 cm³/mol. The summed E-state index contributed by atoms with van der Waals surface area (Å²) in [6.45, 7) is 6.07. The van der Waals surface area contributed by atoms with Gasteiger partial charge in [0, 0.05) is 10.0 Å². The third-order valence-electron chi connectivity index (χ3n) is 3.73. The van der Waals surface area contributed by atoms with Gasteiger partial charge in [-0.25, -0.2) is 5.43 Å². The van der Waals surface area contributed by atoms with Crippen LogP contribution in [0.15, 0.2) is 46.0 Å². The molecule has 2 aromatic rings. The first-order chi connectivity index (χ1) is 12.4. The van der Waals surface area contributed by atoms with Crippen molar-refractivity contribution in [3.8, 4) is 11.5 Å². The SMILES string of the molecule is COc1ccc(Br)cc1/C=N\NC(=O)COc1cc(C)ccc1C(C)C. The highest BCUT2D eigenvalue weighted by Gasteiger charge is 2.10. The Balaban J connectivity index is 1.96. The Morgan fingerprint density at radius 3 is 2.69 bits per heavy atom. The van der Waals surface area contributed by atoms with E-state index in [0.29, 0.717) is 11.7 Å². The van der Waals surface area contributed by atoms with Crippen molar-refractivity contribution in [1.29, 1.82) is 0 Å². The molecule has 0 saturated carbocycles.